The van der Waals surface area contributed by atoms with Crippen LogP contribution in [0.15, 0.2) is 48.9 Å². The van der Waals surface area contributed by atoms with Crippen molar-refractivity contribution in [3.63, 3.8) is 0 Å². The van der Waals surface area contributed by atoms with Gasteiger partial charge in [-0.3, -0.25) is 14.7 Å². The molecule has 2 aromatic carbocycles. The molecular weight excluding hydrogens is 540 g/mol. The molecular formula is C26H27ClN8O3S. The van der Waals surface area contributed by atoms with Gasteiger partial charge in [-0.1, -0.05) is 18.0 Å². The first-order chi connectivity index (χ1) is 18.7. The van der Waals surface area contributed by atoms with E-state index in [9.17, 15) is 8.42 Å². The van der Waals surface area contributed by atoms with E-state index in [1.807, 2.05) is 12.1 Å². The highest BCUT2D eigenvalue weighted by molar-refractivity contribution is 7.92. The normalized spacial score (nSPS) is 15.9. The SMILES string of the molecule is COc1cc(N2CC3(CCC3)C2)ccc1Nc1ncc(Cl)c(Nc2ccc3nccnc3c2NS(C)(=O)=O)n1. The molecule has 0 amide bonds. The molecule has 4 aromatic rings. The summed E-state index contributed by atoms with van der Waals surface area (Å²) >= 11 is 6.42. The number of halogens is 1. The lowest BCUT2D eigenvalue weighted by Gasteiger charge is -2.57. The zero-order chi connectivity index (χ0) is 27.2. The Bertz CT molecular complexity index is 1670. The predicted octanol–water partition coefficient (Wildman–Crippen LogP) is 4.93. The van der Waals surface area contributed by atoms with Gasteiger partial charge in [-0.15, -0.1) is 0 Å². The summed E-state index contributed by atoms with van der Waals surface area (Å²) in [4.78, 5) is 19.8. The van der Waals surface area contributed by atoms with Crippen LogP contribution in [0.2, 0.25) is 5.02 Å². The van der Waals surface area contributed by atoms with Gasteiger partial charge in [-0.05, 0) is 37.1 Å². The summed E-state index contributed by atoms with van der Waals surface area (Å²) in [7, 11) is -1.99. The van der Waals surface area contributed by atoms with E-state index in [4.69, 9.17) is 16.3 Å². The Kier molecular flexibility index (Phi) is 6.31. The lowest BCUT2D eigenvalue weighted by molar-refractivity contribution is 0.0904. The van der Waals surface area contributed by atoms with Crippen molar-refractivity contribution in [2.45, 2.75) is 19.3 Å². The van der Waals surface area contributed by atoms with Crippen molar-refractivity contribution in [1.82, 2.24) is 19.9 Å². The summed E-state index contributed by atoms with van der Waals surface area (Å²) in [6, 6.07) is 9.43. The van der Waals surface area contributed by atoms with Gasteiger partial charge in [0.1, 0.15) is 16.3 Å². The van der Waals surface area contributed by atoms with Crippen LogP contribution < -0.4 is 25.0 Å². The molecule has 3 N–H and O–H groups in total. The Balaban J connectivity index is 1.26. The van der Waals surface area contributed by atoms with Crippen LogP contribution in [-0.2, 0) is 10.0 Å². The number of benzene rings is 2. The lowest BCUT2D eigenvalue weighted by atomic mass is 9.63. The molecule has 202 valence electrons. The number of anilines is 6. The maximum absolute atomic E-state index is 12.1. The fourth-order valence-electron chi connectivity index (χ4n) is 5.11. The van der Waals surface area contributed by atoms with Gasteiger partial charge < -0.3 is 20.3 Å². The van der Waals surface area contributed by atoms with Crippen LogP contribution in [0.25, 0.3) is 11.0 Å². The van der Waals surface area contributed by atoms with Crippen molar-refractivity contribution in [3.05, 3.63) is 53.9 Å². The molecule has 0 atom stereocenters. The molecule has 0 radical (unpaired) electrons. The van der Waals surface area contributed by atoms with Gasteiger partial charge in [0.05, 0.1) is 42.1 Å². The zero-order valence-corrected chi connectivity index (χ0v) is 23.0. The second-order valence-electron chi connectivity index (χ2n) is 10.0. The van der Waals surface area contributed by atoms with Crippen molar-refractivity contribution >= 4 is 67.2 Å². The Labute approximate surface area is 231 Å². The van der Waals surface area contributed by atoms with Crippen molar-refractivity contribution in [1.29, 1.82) is 0 Å². The molecule has 3 heterocycles. The van der Waals surface area contributed by atoms with E-state index < -0.39 is 10.0 Å². The van der Waals surface area contributed by atoms with E-state index in [1.165, 1.54) is 37.9 Å². The summed E-state index contributed by atoms with van der Waals surface area (Å²) in [6.45, 7) is 2.18. The van der Waals surface area contributed by atoms with Crippen LogP contribution in [0.4, 0.5) is 34.5 Å². The van der Waals surface area contributed by atoms with Crippen LogP contribution in [0.1, 0.15) is 19.3 Å². The van der Waals surface area contributed by atoms with E-state index in [0.29, 0.717) is 33.6 Å². The molecule has 1 spiro atoms. The Hall–Kier alpha value is -3.90. The second-order valence-corrected chi connectivity index (χ2v) is 12.2. The molecule has 2 fully saturated rings. The van der Waals surface area contributed by atoms with Crippen LogP contribution in [0, 0.1) is 5.41 Å². The number of fused-ring (bicyclic) bond motifs is 1. The average molecular weight is 567 g/mol. The predicted molar refractivity (Wildman–Crippen MR) is 153 cm³/mol. The molecule has 39 heavy (non-hydrogen) atoms. The minimum Gasteiger partial charge on any atom is -0.494 e. The number of hydrogen-bond acceptors (Lipinski definition) is 10. The Morgan fingerprint density at radius 1 is 1.03 bits per heavy atom. The number of ether oxygens (including phenoxy) is 1. The summed E-state index contributed by atoms with van der Waals surface area (Å²) in [5, 5.41) is 6.56. The summed E-state index contributed by atoms with van der Waals surface area (Å²) in [5.74, 6) is 1.22. The lowest BCUT2D eigenvalue weighted by Crippen LogP contribution is -2.59. The molecule has 11 nitrogen and oxygen atoms in total. The first kappa shape index (κ1) is 25.4. The molecule has 1 aliphatic heterocycles. The van der Waals surface area contributed by atoms with Crippen LogP contribution in [0.3, 0.4) is 0 Å². The summed E-state index contributed by atoms with van der Waals surface area (Å²) in [6.07, 6.45) is 9.54. The second kappa shape index (κ2) is 9.69. The van der Waals surface area contributed by atoms with Gasteiger partial charge in [0.25, 0.3) is 0 Å². The standard InChI is InChI=1S/C26H27ClN8O3S/c1-38-21-12-16(35-14-26(15-35)8-3-9-26)4-5-18(21)32-25-30-13-17(27)24(33-25)31-20-7-6-19-22(29-11-10-28-19)23(20)34-39(2,36)37/h4-7,10-13,34H,3,8-9,14-15H2,1-2H3,(H2,30,31,32,33). The highest BCUT2D eigenvalue weighted by Crippen LogP contribution is 2.50. The van der Waals surface area contributed by atoms with Crippen LogP contribution in [0.5, 0.6) is 5.75 Å². The third kappa shape index (κ3) is 5.09. The molecule has 1 saturated carbocycles. The molecule has 2 aromatic heterocycles. The summed E-state index contributed by atoms with van der Waals surface area (Å²) < 4.78 is 32.4. The van der Waals surface area contributed by atoms with Gasteiger partial charge in [0.2, 0.25) is 16.0 Å². The molecule has 2 aliphatic rings. The number of rotatable bonds is 8. The van der Waals surface area contributed by atoms with Crippen molar-refractivity contribution in [2.75, 3.05) is 46.7 Å². The number of nitrogens with zero attached hydrogens (tertiary/aromatic N) is 5. The number of aromatic nitrogens is 4. The highest BCUT2D eigenvalue weighted by Gasteiger charge is 2.47. The Morgan fingerprint density at radius 3 is 2.51 bits per heavy atom. The van der Waals surface area contributed by atoms with Gasteiger partial charge in [0, 0.05) is 42.7 Å². The largest absolute Gasteiger partial charge is 0.494 e. The van der Waals surface area contributed by atoms with Gasteiger partial charge in [0.15, 0.2) is 5.82 Å². The fraction of sp³-hybridized carbons (Fsp3) is 0.308. The van der Waals surface area contributed by atoms with Gasteiger partial charge in [-0.25, -0.2) is 13.4 Å². The molecule has 1 saturated heterocycles. The van der Waals surface area contributed by atoms with Crippen LogP contribution >= 0.6 is 11.6 Å². The van der Waals surface area contributed by atoms with E-state index in [1.54, 1.807) is 19.2 Å². The van der Waals surface area contributed by atoms with E-state index in [-0.39, 0.29) is 22.5 Å². The third-order valence-electron chi connectivity index (χ3n) is 7.19. The highest BCUT2D eigenvalue weighted by atomic mass is 35.5. The van der Waals surface area contributed by atoms with Gasteiger partial charge >= 0.3 is 0 Å². The number of hydrogen-bond donors (Lipinski definition) is 3. The molecule has 13 heteroatoms. The number of nitrogens with one attached hydrogen (secondary N) is 3. The Morgan fingerprint density at radius 2 is 1.79 bits per heavy atom. The molecule has 6 rings (SSSR count). The third-order valence-corrected chi connectivity index (χ3v) is 8.04. The summed E-state index contributed by atoms with van der Waals surface area (Å²) in [5.41, 5.74) is 3.90. The van der Waals surface area contributed by atoms with E-state index in [2.05, 4.69) is 46.3 Å². The average Bonchev–Trinajstić information content (AvgIpc) is 2.85. The minimum absolute atomic E-state index is 0.235. The topological polar surface area (TPSA) is 134 Å². The quantitative estimate of drug-likeness (QED) is 0.269. The zero-order valence-electron chi connectivity index (χ0n) is 21.4. The van der Waals surface area contributed by atoms with E-state index >= 15 is 0 Å². The molecule has 0 unspecified atom stereocenters. The van der Waals surface area contributed by atoms with Crippen LogP contribution in [-0.4, -0.2) is 54.8 Å². The minimum atomic E-state index is -3.62. The number of sulfonamides is 1. The monoisotopic (exact) mass is 566 g/mol. The van der Waals surface area contributed by atoms with Crippen molar-refractivity contribution in [2.24, 2.45) is 5.41 Å². The fourth-order valence-corrected chi connectivity index (χ4v) is 5.83. The maximum Gasteiger partial charge on any atom is 0.229 e. The first-order valence-electron chi connectivity index (χ1n) is 12.4. The molecule has 1 aliphatic carbocycles. The number of methoxy groups -OCH3 is 1. The molecule has 0 bridgehead atoms. The van der Waals surface area contributed by atoms with E-state index in [0.717, 1.165) is 25.0 Å². The van der Waals surface area contributed by atoms with Crippen molar-refractivity contribution in [3.8, 4) is 5.75 Å². The van der Waals surface area contributed by atoms with Crippen molar-refractivity contribution < 1.29 is 13.2 Å². The maximum atomic E-state index is 12.1. The smallest absolute Gasteiger partial charge is 0.229 e. The van der Waals surface area contributed by atoms with Gasteiger partial charge in [-0.2, -0.15) is 4.98 Å². The first-order valence-corrected chi connectivity index (χ1v) is 14.7.